The molecular formula is C11H4Cl3FIN. The summed E-state index contributed by atoms with van der Waals surface area (Å²) in [6.45, 7) is 0. The lowest BCUT2D eigenvalue weighted by atomic mass is 10.1. The number of halogens is 5. The zero-order chi connectivity index (χ0) is 12.6. The topological polar surface area (TPSA) is 12.9 Å². The summed E-state index contributed by atoms with van der Waals surface area (Å²) in [4.78, 5) is 4.00. The van der Waals surface area contributed by atoms with E-state index in [4.69, 9.17) is 34.8 Å². The molecule has 0 N–H and O–H groups in total. The number of hydrogen-bond acceptors (Lipinski definition) is 1. The van der Waals surface area contributed by atoms with Crippen LogP contribution in [0.3, 0.4) is 0 Å². The number of benzene rings is 1. The Hall–Kier alpha value is -0.100. The van der Waals surface area contributed by atoms with E-state index in [9.17, 15) is 4.39 Å². The van der Waals surface area contributed by atoms with Crippen molar-refractivity contribution in [1.29, 1.82) is 0 Å². The van der Waals surface area contributed by atoms with E-state index in [2.05, 4.69) is 4.98 Å². The van der Waals surface area contributed by atoms with Crippen LogP contribution in [-0.2, 0) is 0 Å². The molecule has 0 atom stereocenters. The molecule has 0 unspecified atom stereocenters. The van der Waals surface area contributed by atoms with E-state index in [1.165, 1.54) is 18.2 Å². The molecule has 1 aromatic heterocycles. The summed E-state index contributed by atoms with van der Waals surface area (Å²) in [5.41, 5.74) is 0.476. The summed E-state index contributed by atoms with van der Waals surface area (Å²) in [6.07, 6.45) is 1.54. The van der Waals surface area contributed by atoms with Crippen LogP contribution in [0.2, 0.25) is 15.1 Å². The summed E-state index contributed by atoms with van der Waals surface area (Å²) in [5, 5.41) is 0.944. The zero-order valence-electron chi connectivity index (χ0n) is 8.15. The fraction of sp³-hybridized carbons (Fsp3) is 0. The summed E-state index contributed by atoms with van der Waals surface area (Å²) in [5.74, 6) is -0.469. The number of pyridine rings is 1. The average Bonchev–Trinajstić information content (AvgIpc) is 2.19. The van der Waals surface area contributed by atoms with Crippen molar-refractivity contribution in [2.75, 3.05) is 0 Å². The van der Waals surface area contributed by atoms with Gasteiger partial charge in [0.25, 0.3) is 0 Å². The summed E-state index contributed by atoms with van der Waals surface area (Å²) >= 11 is 19.8. The van der Waals surface area contributed by atoms with E-state index < -0.39 is 5.82 Å². The maximum atomic E-state index is 13.8. The number of rotatable bonds is 1. The molecule has 0 radical (unpaired) electrons. The van der Waals surface area contributed by atoms with Crippen LogP contribution in [0.5, 0.6) is 0 Å². The van der Waals surface area contributed by atoms with E-state index in [1.54, 1.807) is 6.20 Å². The van der Waals surface area contributed by atoms with Crippen molar-refractivity contribution >= 4 is 57.4 Å². The van der Waals surface area contributed by atoms with Crippen molar-refractivity contribution < 1.29 is 4.39 Å². The van der Waals surface area contributed by atoms with Gasteiger partial charge in [-0.2, -0.15) is 0 Å². The van der Waals surface area contributed by atoms with Gasteiger partial charge in [-0.3, -0.25) is 4.98 Å². The summed E-state index contributed by atoms with van der Waals surface area (Å²) in [6, 6.07) is 4.37. The van der Waals surface area contributed by atoms with Crippen molar-refractivity contribution in [3.63, 3.8) is 0 Å². The third-order valence-electron chi connectivity index (χ3n) is 2.05. The van der Waals surface area contributed by atoms with Crippen molar-refractivity contribution in [3.8, 4) is 11.3 Å². The highest BCUT2D eigenvalue weighted by Crippen LogP contribution is 2.37. The first-order valence-electron chi connectivity index (χ1n) is 4.45. The molecule has 0 bridgehead atoms. The number of aromatic nitrogens is 1. The first kappa shape index (κ1) is 13.3. The molecule has 0 aliphatic heterocycles. The lowest BCUT2D eigenvalue weighted by Gasteiger charge is -2.08. The fourth-order valence-electron chi connectivity index (χ4n) is 1.37. The summed E-state index contributed by atoms with van der Waals surface area (Å²) < 4.78 is 14.5. The van der Waals surface area contributed by atoms with Gasteiger partial charge in [0.2, 0.25) is 0 Å². The van der Waals surface area contributed by atoms with Gasteiger partial charge in [0.05, 0.1) is 10.0 Å². The molecule has 0 amide bonds. The SMILES string of the molecule is Fc1cc(I)cnc1-c1c(Cl)cc(Cl)cc1Cl. The molecule has 1 aromatic carbocycles. The first-order chi connectivity index (χ1) is 7.99. The Bertz CT molecular complexity index is 566. The smallest absolute Gasteiger partial charge is 0.150 e. The molecule has 0 saturated carbocycles. The highest BCUT2D eigenvalue weighted by molar-refractivity contribution is 14.1. The Labute approximate surface area is 126 Å². The molecule has 2 aromatic rings. The van der Waals surface area contributed by atoms with Crippen molar-refractivity contribution in [2.45, 2.75) is 0 Å². The third-order valence-corrected chi connectivity index (χ3v) is 3.46. The van der Waals surface area contributed by atoms with Gasteiger partial charge < -0.3 is 0 Å². The van der Waals surface area contributed by atoms with Gasteiger partial charge in [0, 0.05) is 20.4 Å². The highest BCUT2D eigenvalue weighted by Gasteiger charge is 2.15. The van der Waals surface area contributed by atoms with Gasteiger partial charge in [-0.1, -0.05) is 34.8 Å². The second-order valence-electron chi connectivity index (χ2n) is 3.23. The highest BCUT2D eigenvalue weighted by atomic mass is 127. The van der Waals surface area contributed by atoms with Crippen molar-refractivity contribution in [2.24, 2.45) is 0 Å². The monoisotopic (exact) mass is 401 g/mol. The molecule has 0 aliphatic rings. The minimum atomic E-state index is -0.469. The van der Waals surface area contributed by atoms with Crippen LogP contribution >= 0.6 is 57.4 Å². The molecule has 1 heterocycles. The average molecular weight is 402 g/mol. The van der Waals surface area contributed by atoms with Gasteiger partial charge in [0.1, 0.15) is 5.69 Å². The molecule has 0 aliphatic carbocycles. The summed E-state index contributed by atoms with van der Waals surface area (Å²) in [7, 11) is 0. The van der Waals surface area contributed by atoms with Crippen LogP contribution in [0.25, 0.3) is 11.3 Å². The maximum absolute atomic E-state index is 13.8. The molecule has 0 saturated heterocycles. The first-order valence-corrected chi connectivity index (χ1v) is 6.66. The predicted molar refractivity (Wildman–Crippen MR) is 77.4 cm³/mol. The van der Waals surface area contributed by atoms with Crippen LogP contribution in [0.1, 0.15) is 0 Å². The van der Waals surface area contributed by atoms with Crippen LogP contribution in [-0.4, -0.2) is 4.98 Å². The number of hydrogen-bond donors (Lipinski definition) is 0. The second kappa shape index (κ2) is 5.26. The third kappa shape index (κ3) is 2.84. The Morgan fingerprint density at radius 3 is 2.18 bits per heavy atom. The molecule has 0 fully saturated rings. The van der Waals surface area contributed by atoms with E-state index in [1.807, 2.05) is 22.6 Å². The Kier molecular flexibility index (Phi) is 4.13. The normalized spacial score (nSPS) is 10.6. The van der Waals surface area contributed by atoms with Crippen molar-refractivity contribution in [3.05, 3.63) is 48.9 Å². The van der Waals surface area contributed by atoms with Crippen LogP contribution in [0.15, 0.2) is 24.4 Å². The molecule has 17 heavy (non-hydrogen) atoms. The van der Waals surface area contributed by atoms with Gasteiger partial charge in [0.15, 0.2) is 5.82 Å². The van der Waals surface area contributed by atoms with E-state index >= 15 is 0 Å². The van der Waals surface area contributed by atoms with Crippen LogP contribution in [0.4, 0.5) is 4.39 Å². The van der Waals surface area contributed by atoms with Gasteiger partial charge in [-0.05, 0) is 40.8 Å². The molecule has 0 spiro atoms. The Balaban J connectivity index is 2.68. The quantitative estimate of drug-likeness (QED) is 0.578. The lowest BCUT2D eigenvalue weighted by molar-refractivity contribution is 0.624. The van der Waals surface area contributed by atoms with Gasteiger partial charge in [-0.25, -0.2) is 4.39 Å². The van der Waals surface area contributed by atoms with Crippen LogP contribution in [0, 0.1) is 9.39 Å². The van der Waals surface area contributed by atoms with Crippen molar-refractivity contribution in [1.82, 2.24) is 4.98 Å². The molecule has 88 valence electrons. The zero-order valence-corrected chi connectivity index (χ0v) is 12.6. The Morgan fingerprint density at radius 2 is 1.65 bits per heavy atom. The molecule has 2 rings (SSSR count). The van der Waals surface area contributed by atoms with Gasteiger partial charge >= 0.3 is 0 Å². The molecule has 1 nitrogen and oxygen atoms in total. The maximum Gasteiger partial charge on any atom is 0.150 e. The van der Waals surface area contributed by atoms with E-state index in [0.29, 0.717) is 14.2 Å². The predicted octanol–water partition coefficient (Wildman–Crippen LogP) is 5.45. The minimum Gasteiger partial charge on any atom is -0.252 e. The van der Waals surface area contributed by atoms with E-state index in [0.717, 1.165) is 0 Å². The Morgan fingerprint density at radius 1 is 1.06 bits per heavy atom. The molecular weight excluding hydrogens is 398 g/mol. The van der Waals surface area contributed by atoms with E-state index in [-0.39, 0.29) is 15.7 Å². The van der Waals surface area contributed by atoms with Crippen LogP contribution < -0.4 is 0 Å². The second-order valence-corrected chi connectivity index (χ2v) is 5.72. The van der Waals surface area contributed by atoms with Gasteiger partial charge in [-0.15, -0.1) is 0 Å². The lowest BCUT2D eigenvalue weighted by Crippen LogP contribution is -1.92. The number of nitrogens with zero attached hydrogens (tertiary/aromatic N) is 1. The minimum absolute atomic E-state index is 0.122. The standard InChI is InChI=1S/C11H4Cl3FIN/c12-5-1-7(13)10(8(14)2-5)11-9(15)3-6(16)4-17-11/h1-4H. The molecule has 6 heteroatoms. The fourth-order valence-corrected chi connectivity index (χ4v) is 2.78. The largest absolute Gasteiger partial charge is 0.252 e.